The van der Waals surface area contributed by atoms with Crippen molar-refractivity contribution >= 4 is 12.0 Å². The highest BCUT2D eigenvalue weighted by molar-refractivity contribution is 5.83. The number of hydrogen-bond acceptors (Lipinski definition) is 2. The largest absolute Gasteiger partial charge is 0.480 e. The number of hydrogen-bond donors (Lipinski definition) is 1. The first-order chi connectivity index (χ1) is 9.72. The van der Waals surface area contributed by atoms with Crippen LogP contribution in [0, 0.1) is 17.8 Å². The van der Waals surface area contributed by atoms with Crippen molar-refractivity contribution < 1.29 is 14.7 Å². The van der Waals surface area contributed by atoms with Gasteiger partial charge in [-0.05, 0) is 30.6 Å². The molecule has 1 fully saturated rings. The third-order valence-electron chi connectivity index (χ3n) is 3.84. The fourth-order valence-electron chi connectivity index (χ4n) is 2.90. The topological polar surface area (TPSA) is 60.9 Å². The molecule has 5 nitrogen and oxygen atoms in total. The maximum atomic E-state index is 12.8. The molecule has 21 heavy (non-hydrogen) atoms. The predicted molar refractivity (Wildman–Crippen MR) is 83.2 cm³/mol. The summed E-state index contributed by atoms with van der Waals surface area (Å²) in [5, 5.41) is 9.41. The molecule has 0 saturated carbocycles. The van der Waals surface area contributed by atoms with Gasteiger partial charge < -0.3 is 14.9 Å². The van der Waals surface area contributed by atoms with Gasteiger partial charge in [0.25, 0.3) is 0 Å². The standard InChI is InChI=1S/C16H30N2O3/c1-11(2)9-17(10-12(3)4)16(21)18-7-6-13(5)8-14(18)15(19)20/h11-14H,6-10H2,1-5H3,(H,19,20). The monoisotopic (exact) mass is 298 g/mol. The fraction of sp³-hybridized carbons (Fsp3) is 0.875. The zero-order valence-corrected chi connectivity index (χ0v) is 14.0. The number of carbonyl (C=O) groups excluding carboxylic acids is 1. The Morgan fingerprint density at radius 1 is 1.19 bits per heavy atom. The van der Waals surface area contributed by atoms with E-state index in [1.165, 1.54) is 0 Å². The quantitative estimate of drug-likeness (QED) is 0.849. The molecule has 0 spiro atoms. The molecule has 0 aromatic carbocycles. The number of piperidine rings is 1. The molecule has 5 heteroatoms. The summed E-state index contributed by atoms with van der Waals surface area (Å²) >= 11 is 0. The number of likely N-dealkylation sites (tertiary alicyclic amines) is 1. The first kappa shape index (κ1) is 17.8. The van der Waals surface area contributed by atoms with Gasteiger partial charge in [-0.2, -0.15) is 0 Å². The van der Waals surface area contributed by atoms with Crippen molar-refractivity contribution in [3.05, 3.63) is 0 Å². The van der Waals surface area contributed by atoms with Crippen LogP contribution in [0.4, 0.5) is 4.79 Å². The molecule has 0 aliphatic carbocycles. The van der Waals surface area contributed by atoms with Gasteiger partial charge in [0.15, 0.2) is 0 Å². The van der Waals surface area contributed by atoms with Gasteiger partial charge in [-0.25, -0.2) is 9.59 Å². The minimum absolute atomic E-state index is 0.114. The van der Waals surface area contributed by atoms with Crippen molar-refractivity contribution in [3.8, 4) is 0 Å². The lowest BCUT2D eigenvalue weighted by atomic mass is 9.92. The Balaban J connectivity index is 2.86. The molecule has 122 valence electrons. The van der Waals surface area contributed by atoms with Crippen LogP contribution >= 0.6 is 0 Å². The Hall–Kier alpha value is -1.26. The molecule has 1 rings (SSSR count). The molecular weight excluding hydrogens is 268 g/mol. The van der Waals surface area contributed by atoms with Crippen molar-refractivity contribution in [1.82, 2.24) is 9.80 Å². The van der Waals surface area contributed by atoms with Gasteiger partial charge in [0.1, 0.15) is 6.04 Å². The molecule has 0 radical (unpaired) electrons. The van der Waals surface area contributed by atoms with Crippen LogP contribution in [0.1, 0.15) is 47.5 Å². The Labute approximate surface area is 128 Å². The summed E-state index contributed by atoms with van der Waals surface area (Å²) in [7, 11) is 0. The van der Waals surface area contributed by atoms with E-state index in [0.29, 0.717) is 43.8 Å². The van der Waals surface area contributed by atoms with Crippen LogP contribution in [0.5, 0.6) is 0 Å². The van der Waals surface area contributed by atoms with E-state index in [0.717, 1.165) is 6.42 Å². The predicted octanol–water partition coefficient (Wildman–Crippen LogP) is 2.91. The SMILES string of the molecule is CC(C)CN(CC(C)C)C(=O)N1CCC(C)CC1C(=O)O. The molecule has 2 unspecified atom stereocenters. The second-order valence-corrected chi connectivity index (χ2v) is 7.15. The van der Waals surface area contributed by atoms with E-state index >= 15 is 0 Å². The van der Waals surface area contributed by atoms with Crippen LogP contribution in [0.2, 0.25) is 0 Å². The minimum atomic E-state index is -0.885. The molecule has 2 amide bonds. The summed E-state index contributed by atoms with van der Waals surface area (Å²) in [5.41, 5.74) is 0. The van der Waals surface area contributed by atoms with Crippen molar-refractivity contribution in [2.24, 2.45) is 17.8 Å². The Morgan fingerprint density at radius 3 is 2.14 bits per heavy atom. The van der Waals surface area contributed by atoms with Crippen molar-refractivity contribution in [1.29, 1.82) is 0 Å². The highest BCUT2D eigenvalue weighted by Crippen LogP contribution is 2.24. The van der Waals surface area contributed by atoms with Crippen LogP contribution in [-0.4, -0.2) is 52.6 Å². The summed E-state index contributed by atoms with van der Waals surface area (Å²) < 4.78 is 0. The highest BCUT2D eigenvalue weighted by atomic mass is 16.4. The fourth-order valence-corrected chi connectivity index (χ4v) is 2.90. The van der Waals surface area contributed by atoms with E-state index in [9.17, 15) is 14.7 Å². The van der Waals surface area contributed by atoms with Gasteiger partial charge >= 0.3 is 12.0 Å². The number of amides is 2. The third-order valence-corrected chi connectivity index (χ3v) is 3.84. The molecule has 0 aromatic rings. The summed E-state index contributed by atoms with van der Waals surface area (Å²) in [6.45, 7) is 12.3. The normalized spacial score (nSPS) is 22.7. The van der Waals surface area contributed by atoms with E-state index in [2.05, 4.69) is 34.6 Å². The second kappa shape index (κ2) is 7.66. The van der Waals surface area contributed by atoms with Crippen LogP contribution < -0.4 is 0 Å². The molecule has 0 bridgehead atoms. The molecule has 2 atom stereocenters. The van der Waals surface area contributed by atoms with E-state index in [1.807, 2.05) is 4.90 Å². The number of rotatable bonds is 5. The van der Waals surface area contributed by atoms with Gasteiger partial charge in [0.05, 0.1) is 0 Å². The van der Waals surface area contributed by atoms with Gasteiger partial charge in [-0.3, -0.25) is 0 Å². The van der Waals surface area contributed by atoms with Crippen LogP contribution in [0.25, 0.3) is 0 Å². The lowest BCUT2D eigenvalue weighted by molar-refractivity contribution is -0.144. The number of carboxylic acid groups (broad SMARTS) is 1. The number of carbonyl (C=O) groups is 2. The molecule has 1 saturated heterocycles. The number of aliphatic carboxylic acids is 1. The highest BCUT2D eigenvalue weighted by Gasteiger charge is 2.36. The molecular formula is C16H30N2O3. The van der Waals surface area contributed by atoms with E-state index in [-0.39, 0.29) is 6.03 Å². The van der Waals surface area contributed by atoms with Crippen molar-refractivity contribution in [2.45, 2.75) is 53.5 Å². The number of nitrogens with zero attached hydrogens (tertiary/aromatic N) is 2. The maximum Gasteiger partial charge on any atom is 0.326 e. The molecule has 1 N–H and O–H groups in total. The van der Waals surface area contributed by atoms with Crippen LogP contribution in [0.15, 0.2) is 0 Å². The molecule has 1 heterocycles. The summed E-state index contributed by atoms with van der Waals surface area (Å²) in [5.74, 6) is 0.224. The Bertz CT molecular complexity index is 359. The average Bonchev–Trinajstić information content (AvgIpc) is 2.35. The summed E-state index contributed by atoms with van der Waals surface area (Å²) in [4.78, 5) is 27.6. The lowest BCUT2D eigenvalue weighted by Gasteiger charge is -2.40. The maximum absolute atomic E-state index is 12.8. The number of carboxylic acids is 1. The summed E-state index contributed by atoms with van der Waals surface area (Å²) in [6.07, 6.45) is 1.44. The molecule has 0 aromatic heterocycles. The third kappa shape index (κ3) is 5.21. The first-order valence-corrected chi connectivity index (χ1v) is 8.00. The smallest absolute Gasteiger partial charge is 0.326 e. The van der Waals surface area contributed by atoms with Gasteiger partial charge in [0.2, 0.25) is 0 Å². The van der Waals surface area contributed by atoms with Gasteiger partial charge in [-0.1, -0.05) is 34.6 Å². The van der Waals surface area contributed by atoms with Gasteiger partial charge in [0, 0.05) is 19.6 Å². The molecule has 1 aliphatic rings. The average molecular weight is 298 g/mol. The van der Waals surface area contributed by atoms with E-state index in [4.69, 9.17) is 0 Å². The minimum Gasteiger partial charge on any atom is -0.480 e. The zero-order valence-electron chi connectivity index (χ0n) is 14.0. The lowest BCUT2D eigenvalue weighted by Crippen LogP contribution is -2.55. The Kier molecular flexibility index (Phi) is 6.49. The van der Waals surface area contributed by atoms with Crippen molar-refractivity contribution in [3.63, 3.8) is 0 Å². The molecule has 1 aliphatic heterocycles. The van der Waals surface area contributed by atoms with Crippen LogP contribution in [-0.2, 0) is 4.79 Å². The van der Waals surface area contributed by atoms with Crippen LogP contribution in [0.3, 0.4) is 0 Å². The first-order valence-electron chi connectivity index (χ1n) is 8.00. The van der Waals surface area contributed by atoms with Crippen molar-refractivity contribution in [2.75, 3.05) is 19.6 Å². The second-order valence-electron chi connectivity index (χ2n) is 7.15. The van der Waals surface area contributed by atoms with Gasteiger partial charge in [-0.15, -0.1) is 0 Å². The summed E-state index contributed by atoms with van der Waals surface area (Å²) in [6, 6.07) is -0.792. The zero-order chi connectivity index (χ0) is 16.2. The van der Waals surface area contributed by atoms with E-state index < -0.39 is 12.0 Å². The number of urea groups is 1. The Morgan fingerprint density at radius 2 is 1.71 bits per heavy atom. The van der Waals surface area contributed by atoms with E-state index in [1.54, 1.807) is 4.90 Å².